The monoisotopic (exact) mass is 274 g/mol. The summed E-state index contributed by atoms with van der Waals surface area (Å²) in [5, 5.41) is 0. The average molecular weight is 274 g/mol. The van der Waals surface area contributed by atoms with Gasteiger partial charge in [-0.1, -0.05) is 12.1 Å². The highest BCUT2D eigenvalue weighted by molar-refractivity contribution is 7.99. The highest BCUT2D eigenvalue weighted by atomic mass is 32.2. The standard InChI is InChI=1S/C13H14N4OS/c14-17-13(9-5-15-8-16-6-9)11-7-19-12-4-2-1-3-10(12)18-11/h1-6,8,11,13,17H,7,14H2. The molecule has 0 radical (unpaired) electrons. The lowest BCUT2D eigenvalue weighted by Crippen LogP contribution is -2.42. The van der Waals surface area contributed by atoms with Gasteiger partial charge in [-0.25, -0.2) is 15.4 Å². The van der Waals surface area contributed by atoms with E-state index in [1.807, 2.05) is 18.2 Å². The van der Waals surface area contributed by atoms with E-state index in [9.17, 15) is 0 Å². The van der Waals surface area contributed by atoms with E-state index < -0.39 is 0 Å². The lowest BCUT2D eigenvalue weighted by molar-refractivity contribution is 0.166. The number of nitrogens with two attached hydrogens (primary N) is 1. The maximum Gasteiger partial charge on any atom is 0.133 e. The zero-order valence-corrected chi connectivity index (χ0v) is 11.0. The van der Waals surface area contributed by atoms with Crippen LogP contribution in [-0.2, 0) is 0 Å². The molecule has 1 aliphatic rings. The number of ether oxygens (including phenoxy) is 1. The van der Waals surface area contributed by atoms with Crippen LogP contribution in [0.4, 0.5) is 0 Å². The number of rotatable bonds is 3. The molecule has 19 heavy (non-hydrogen) atoms. The Balaban J connectivity index is 1.83. The normalized spacial score (nSPS) is 19.3. The van der Waals surface area contributed by atoms with Crippen LogP contribution in [0.5, 0.6) is 5.75 Å². The fraction of sp³-hybridized carbons (Fsp3) is 0.231. The number of hydrogen-bond acceptors (Lipinski definition) is 6. The molecule has 0 amide bonds. The molecule has 0 saturated heterocycles. The molecule has 1 aliphatic heterocycles. The Hall–Kier alpha value is -1.63. The van der Waals surface area contributed by atoms with Crippen molar-refractivity contribution in [2.45, 2.75) is 17.0 Å². The Labute approximate surface area is 115 Å². The SMILES string of the molecule is NNC(c1cncnc1)C1CSc2ccccc2O1. The minimum Gasteiger partial charge on any atom is -0.486 e. The Bertz CT molecular complexity index is 551. The van der Waals surface area contributed by atoms with Crippen LogP contribution in [0.3, 0.4) is 0 Å². The van der Waals surface area contributed by atoms with Crippen molar-refractivity contribution in [1.82, 2.24) is 15.4 Å². The maximum atomic E-state index is 6.02. The first kappa shape index (κ1) is 12.4. The molecule has 5 nitrogen and oxygen atoms in total. The molecule has 2 heterocycles. The van der Waals surface area contributed by atoms with Gasteiger partial charge in [0.05, 0.1) is 6.04 Å². The Morgan fingerprint density at radius 3 is 2.89 bits per heavy atom. The van der Waals surface area contributed by atoms with Crippen LogP contribution in [0, 0.1) is 0 Å². The summed E-state index contributed by atoms with van der Waals surface area (Å²) in [5.41, 5.74) is 3.73. The smallest absolute Gasteiger partial charge is 0.133 e. The first-order valence-electron chi connectivity index (χ1n) is 5.98. The second-order valence-corrected chi connectivity index (χ2v) is 5.29. The lowest BCUT2D eigenvalue weighted by Gasteiger charge is -2.31. The van der Waals surface area contributed by atoms with Gasteiger partial charge in [0.15, 0.2) is 0 Å². The van der Waals surface area contributed by atoms with E-state index in [1.54, 1.807) is 24.2 Å². The molecule has 2 unspecified atom stereocenters. The topological polar surface area (TPSA) is 73.1 Å². The maximum absolute atomic E-state index is 6.02. The highest BCUT2D eigenvalue weighted by Gasteiger charge is 2.28. The Morgan fingerprint density at radius 2 is 2.11 bits per heavy atom. The van der Waals surface area contributed by atoms with Crippen molar-refractivity contribution in [2.24, 2.45) is 5.84 Å². The molecule has 0 spiro atoms. The summed E-state index contributed by atoms with van der Waals surface area (Å²) >= 11 is 1.77. The van der Waals surface area contributed by atoms with Gasteiger partial charge in [0.25, 0.3) is 0 Å². The molecule has 2 aromatic rings. The number of thioether (sulfide) groups is 1. The van der Waals surface area contributed by atoms with Crippen LogP contribution in [0.25, 0.3) is 0 Å². The van der Waals surface area contributed by atoms with Gasteiger partial charge in [-0.05, 0) is 12.1 Å². The summed E-state index contributed by atoms with van der Waals surface area (Å²) in [4.78, 5) is 9.21. The van der Waals surface area contributed by atoms with Gasteiger partial charge in [0, 0.05) is 28.6 Å². The second kappa shape index (κ2) is 5.56. The summed E-state index contributed by atoms with van der Waals surface area (Å²) in [6.45, 7) is 0. The summed E-state index contributed by atoms with van der Waals surface area (Å²) in [7, 11) is 0. The molecule has 6 heteroatoms. The first-order valence-corrected chi connectivity index (χ1v) is 6.96. The van der Waals surface area contributed by atoms with Crippen LogP contribution in [0.15, 0.2) is 47.9 Å². The Kier molecular flexibility index (Phi) is 3.63. The van der Waals surface area contributed by atoms with E-state index in [1.165, 1.54) is 11.2 Å². The molecule has 1 aromatic carbocycles. The van der Waals surface area contributed by atoms with E-state index in [4.69, 9.17) is 10.6 Å². The van der Waals surface area contributed by atoms with Crippen molar-refractivity contribution in [3.63, 3.8) is 0 Å². The molecule has 0 saturated carbocycles. The van der Waals surface area contributed by atoms with Crippen LogP contribution in [0.1, 0.15) is 11.6 Å². The van der Waals surface area contributed by atoms with Gasteiger partial charge in [0.2, 0.25) is 0 Å². The van der Waals surface area contributed by atoms with Crippen LogP contribution < -0.4 is 16.0 Å². The summed E-state index contributed by atoms with van der Waals surface area (Å²) in [6, 6.07) is 7.90. The predicted octanol–water partition coefficient (Wildman–Crippen LogP) is 1.53. The Morgan fingerprint density at radius 1 is 1.32 bits per heavy atom. The van der Waals surface area contributed by atoms with Gasteiger partial charge in [-0.15, -0.1) is 11.8 Å². The van der Waals surface area contributed by atoms with E-state index >= 15 is 0 Å². The number of hydrogen-bond donors (Lipinski definition) is 2. The summed E-state index contributed by atoms with van der Waals surface area (Å²) < 4.78 is 6.02. The van der Waals surface area contributed by atoms with E-state index in [-0.39, 0.29) is 12.1 Å². The molecule has 98 valence electrons. The molecule has 1 aromatic heterocycles. The molecular weight excluding hydrogens is 260 g/mol. The average Bonchev–Trinajstić information content (AvgIpc) is 2.49. The molecule has 3 N–H and O–H groups in total. The fourth-order valence-corrected chi connectivity index (χ4v) is 3.13. The molecule has 3 rings (SSSR count). The van der Waals surface area contributed by atoms with Gasteiger partial charge in [-0.2, -0.15) is 0 Å². The number of fused-ring (bicyclic) bond motifs is 1. The van der Waals surface area contributed by atoms with Gasteiger partial charge in [0.1, 0.15) is 18.2 Å². The summed E-state index contributed by atoms with van der Waals surface area (Å²) in [5.74, 6) is 7.40. The van der Waals surface area contributed by atoms with E-state index in [2.05, 4.69) is 21.5 Å². The third kappa shape index (κ3) is 2.56. The van der Waals surface area contributed by atoms with Gasteiger partial charge in [-0.3, -0.25) is 5.84 Å². The van der Waals surface area contributed by atoms with E-state index in [0.717, 1.165) is 17.1 Å². The van der Waals surface area contributed by atoms with Gasteiger partial charge >= 0.3 is 0 Å². The predicted molar refractivity (Wildman–Crippen MR) is 73.7 cm³/mol. The highest BCUT2D eigenvalue weighted by Crippen LogP contribution is 2.37. The molecular formula is C13H14N4OS. The third-order valence-corrected chi connectivity index (χ3v) is 4.17. The quantitative estimate of drug-likeness (QED) is 0.653. The van der Waals surface area contributed by atoms with Crippen molar-refractivity contribution in [2.75, 3.05) is 5.75 Å². The largest absolute Gasteiger partial charge is 0.486 e. The van der Waals surface area contributed by atoms with Crippen molar-refractivity contribution >= 4 is 11.8 Å². The molecule has 0 fully saturated rings. The second-order valence-electron chi connectivity index (χ2n) is 4.23. The molecule has 2 atom stereocenters. The zero-order valence-electron chi connectivity index (χ0n) is 10.2. The number of nitrogens with zero attached hydrogens (tertiary/aromatic N) is 2. The van der Waals surface area contributed by atoms with Crippen molar-refractivity contribution < 1.29 is 4.74 Å². The van der Waals surface area contributed by atoms with Crippen LogP contribution >= 0.6 is 11.8 Å². The molecule has 0 aliphatic carbocycles. The number of aromatic nitrogens is 2. The van der Waals surface area contributed by atoms with E-state index in [0.29, 0.717) is 0 Å². The first-order chi connectivity index (χ1) is 9.38. The fourth-order valence-electron chi connectivity index (χ4n) is 2.09. The van der Waals surface area contributed by atoms with Crippen molar-refractivity contribution in [3.8, 4) is 5.75 Å². The van der Waals surface area contributed by atoms with Crippen molar-refractivity contribution in [1.29, 1.82) is 0 Å². The third-order valence-electron chi connectivity index (χ3n) is 3.02. The lowest BCUT2D eigenvalue weighted by atomic mass is 10.1. The minimum atomic E-state index is -0.123. The van der Waals surface area contributed by atoms with Crippen molar-refractivity contribution in [3.05, 3.63) is 48.5 Å². The van der Waals surface area contributed by atoms with Crippen LogP contribution in [-0.4, -0.2) is 21.8 Å². The van der Waals surface area contributed by atoms with Crippen LogP contribution in [0.2, 0.25) is 0 Å². The van der Waals surface area contributed by atoms with Gasteiger partial charge < -0.3 is 4.74 Å². The number of benzene rings is 1. The number of para-hydroxylation sites is 1. The number of nitrogens with one attached hydrogen (secondary N) is 1. The molecule has 0 bridgehead atoms. The summed E-state index contributed by atoms with van der Waals surface area (Å²) in [6.07, 6.45) is 4.97. The minimum absolute atomic E-state index is 0.0455. The zero-order chi connectivity index (χ0) is 13.1. The number of hydrazine groups is 1.